The molecule has 0 bridgehead atoms. The summed E-state index contributed by atoms with van der Waals surface area (Å²) in [4.78, 5) is 0. The van der Waals surface area contributed by atoms with Crippen LogP contribution in [0.4, 0.5) is 0 Å². The normalized spacial score (nSPS) is 44.8. The zero-order chi connectivity index (χ0) is 9.31. The van der Waals surface area contributed by atoms with E-state index in [9.17, 15) is 0 Å². The molecule has 1 saturated heterocycles. The molecule has 0 aromatic rings. The van der Waals surface area contributed by atoms with Gasteiger partial charge in [0.1, 0.15) is 0 Å². The van der Waals surface area contributed by atoms with Crippen molar-refractivity contribution in [2.75, 3.05) is 13.2 Å². The molecule has 0 spiro atoms. The van der Waals surface area contributed by atoms with Gasteiger partial charge in [-0.1, -0.05) is 13.3 Å². The van der Waals surface area contributed by atoms with Gasteiger partial charge in [0.15, 0.2) is 0 Å². The summed E-state index contributed by atoms with van der Waals surface area (Å²) in [6.45, 7) is 4.11. The van der Waals surface area contributed by atoms with E-state index in [1.165, 1.54) is 32.1 Å². The van der Waals surface area contributed by atoms with Crippen LogP contribution in [0.2, 0.25) is 0 Å². The summed E-state index contributed by atoms with van der Waals surface area (Å²) in [5.41, 5.74) is 6.53. The zero-order valence-electron chi connectivity index (χ0n) is 8.59. The monoisotopic (exact) mass is 183 g/mol. The molecular formula is C11H21NO. The molecule has 2 nitrogen and oxygen atoms in total. The first-order valence-corrected chi connectivity index (χ1v) is 5.64. The quantitative estimate of drug-likeness (QED) is 0.725. The molecule has 2 N–H and O–H groups in total. The molecule has 0 aromatic carbocycles. The molecule has 13 heavy (non-hydrogen) atoms. The Balaban J connectivity index is 1.86. The van der Waals surface area contributed by atoms with E-state index in [0.717, 1.165) is 19.1 Å². The van der Waals surface area contributed by atoms with Crippen LogP contribution >= 0.6 is 0 Å². The van der Waals surface area contributed by atoms with Crippen LogP contribution in [0.15, 0.2) is 0 Å². The van der Waals surface area contributed by atoms with Gasteiger partial charge in [0.2, 0.25) is 0 Å². The third kappa shape index (κ3) is 1.75. The van der Waals surface area contributed by atoms with Gasteiger partial charge >= 0.3 is 0 Å². The first-order valence-electron chi connectivity index (χ1n) is 5.64. The second kappa shape index (κ2) is 3.58. The summed E-state index contributed by atoms with van der Waals surface area (Å²) in [5, 5.41) is 0. The molecule has 3 unspecified atom stereocenters. The minimum atomic E-state index is 0.163. The van der Waals surface area contributed by atoms with Crippen molar-refractivity contribution in [1.82, 2.24) is 0 Å². The topological polar surface area (TPSA) is 35.2 Å². The van der Waals surface area contributed by atoms with Gasteiger partial charge in [-0.15, -0.1) is 0 Å². The SMILES string of the molecule is CCCC1CC1(N)C1CCCOC1. The van der Waals surface area contributed by atoms with E-state index in [-0.39, 0.29) is 5.54 Å². The van der Waals surface area contributed by atoms with Crippen LogP contribution in [-0.4, -0.2) is 18.8 Å². The van der Waals surface area contributed by atoms with Gasteiger partial charge in [-0.3, -0.25) is 0 Å². The highest BCUT2D eigenvalue weighted by Crippen LogP contribution is 2.51. The molecule has 2 heteroatoms. The van der Waals surface area contributed by atoms with E-state index >= 15 is 0 Å². The third-order valence-corrected chi connectivity index (χ3v) is 3.76. The first-order chi connectivity index (χ1) is 6.27. The molecular weight excluding hydrogens is 162 g/mol. The molecule has 1 saturated carbocycles. The Labute approximate surface area is 80.8 Å². The maximum atomic E-state index is 6.37. The molecule has 3 atom stereocenters. The number of ether oxygens (including phenoxy) is 1. The van der Waals surface area contributed by atoms with Crippen molar-refractivity contribution in [2.45, 2.75) is 44.6 Å². The largest absolute Gasteiger partial charge is 0.381 e. The molecule has 0 radical (unpaired) electrons. The second-order valence-electron chi connectivity index (χ2n) is 4.72. The summed E-state index contributed by atoms with van der Waals surface area (Å²) < 4.78 is 5.50. The van der Waals surface area contributed by atoms with Gasteiger partial charge in [-0.05, 0) is 31.6 Å². The summed E-state index contributed by atoms with van der Waals surface area (Å²) in [7, 11) is 0. The van der Waals surface area contributed by atoms with Gasteiger partial charge in [0, 0.05) is 18.1 Å². The molecule has 1 aliphatic carbocycles. The van der Waals surface area contributed by atoms with Crippen molar-refractivity contribution in [3.8, 4) is 0 Å². The predicted octanol–water partition coefficient (Wildman–Crippen LogP) is 1.93. The van der Waals surface area contributed by atoms with Crippen LogP contribution in [0.25, 0.3) is 0 Å². The van der Waals surface area contributed by atoms with Crippen LogP contribution in [0.3, 0.4) is 0 Å². The van der Waals surface area contributed by atoms with Gasteiger partial charge in [-0.2, -0.15) is 0 Å². The average molecular weight is 183 g/mol. The molecule has 2 aliphatic rings. The Hall–Kier alpha value is -0.0800. The third-order valence-electron chi connectivity index (χ3n) is 3.76. The van der Waals surface area contributed by atoms with Crippen molar-refractivity contribution in [2.24, 2.45) is 17.6 Å². The van der Waals surface area contributed by atoms with Crippen LogP contribution in [0.1, 0.15) is 39.0 Å². The average Bonchev–Trinajstić information content (AvgIpc) is 2.81. The number of hydrogen-bond donors (Lipinski definition) is 1. The van der Waals surface area contributed by atoms with Gasteiger partial charge in [0.05, 0.1) is 6.61 Å². The fraction of sp³-hybridized carbons (Fsp3) is 1.00. The van der Waals surface area contributed by atoms with E-state index in [2.05, 4.69) is 6.92 Å². The maximum absolute atomic E-state index is 6.37. The van der Waals surface area contributed by atoms with Crippen LogP contribution in [0.5, 0.6) is 0 Å². The van der Waals surface area contributed by atoms with E-state index in [1.54, 1.807) is 0 Å². The summed E-state index contributed by atoms with van der Waals surface area (Å²) in [6, 6.07) is 0. The standard InChI is InChI=1S/C11H21NO/c1-2-4-9-7-11(9,12)10-5-3-6-13-8-10/h9-10H,2-8,12H2,1H3. The molecule has 0 amide bonds. The molecule has 0 aromatic heterocycles. The highest BCUT2D eigenvalue weighted by molar-refractivity contribution is 5.11. The summed E-state index contributed by atoms with van der Waals surface area (Å²) in [6.07, 6.45) is 6.33. The van der Waals surface area contributed by atoms with Gasteiger partial charge < -0.3 is 10.5 Å². The summed E-state index contributed by atoms with van der Waals surface area (Å²) in [5.74, 6) is 1.45. The molecule has 1 aliphatic heterocycles. The number of rotatable bonds is 3. The van der Waals surface area contributed by atoms with Crippen LogP contribution in [-0.2, 0) is 4.74 Å². The fourth-order valence-corrected chi connectivity index (χ4v) is 2.75. The lowest BCUT2D eigenvalue weighted by Gasteiger charge is -2.28. The summed E-state index contributed by atoms with van der Waals surface area (Å²) >= 11 is 0. The van der Waals surface area contributed by atoms with E-state index in [1.807, 2.05) is 0 Å². The first kappa shape index (κ1) is 9.47. The van der Waals surface area contributed by atoms with E-state index in [0.29, 0.717) is 5.92 Å². The second-order valence-corrected chi connectivity index (χ2v) is 4.72. The predicted molar refractivity (Wildman–Crippen MR) is 53.5 cm³/mol. The van der Waals surface area contributed by atoms with E-state index < -0.39 is 0 Å². The number of nitrogens with two attached hydrogens (primary N) is 1. The van der Waals surface area contributed by atoms with Crippen molar-refractivity contribution >= 4 is 0 Å². The van der Waals surface area contributed by atoms with Crippen molar-refractivity contribution in [1.29, 1.82) is 0 Å². The lowest BCUT2D eigenvalue weighted by Crippen LogP contribution is -2.39. The molecule has 2 rings (SSSR count). The van der Waals surface area contributed by atoms with Crippen molar-refractivity contribution < 1.29 is 4.74 Å². The number of hydrogen-bond acceptors (Lipinski definition) is 2. The van der Waals surface area contributed by atoms with Crippen LogP contribution < -0.4 is 5.73 Å². The van der Waals surface area contributed by atoms with Crippen LogP contribution in [0, 0.1) is 11.8 Å². The minimum Gasteiger partial charge on any atom is -0.381 e. The Bertz CT molecular complexity index is 177. The fourth-order valence-electron chi connectivity index (χ4n) is 2.75. The molecule has 1 heterocycles. The highest BCUT2D eigenvalue weighted by atomic mass is 16.5. The zero-order valence-corrected chi connectivity index (χ0v) is 8.59. The Morgan fingerprint density at radius 3 is 3.00 bits per heavy atom. The van der Waals surface area contributed by atoms with Crippen molar-refractivity contribution in [3.63, 3.8) is 0 Å². The van der Waals surface area contributed by atoms with Crippen molar-refractivity contribution in [3.05, 3.63) is 0 Å². The lowest BCUT2D eigenvalue weighted by atomic mass is 9.89. The molecule has 76 valence electrons. The Morgan fingerprint density at radius 1 is 1.54 bits per heavy atom. The Morgan fingerprint density at radius 2 is 2.38 bits per heavy atom. The van der Waals surface area contributed by atoms with Gasteiger partial charge in [-0.25, -0.2) is 0 Å². The molecule has 2 fully saturated rings. The minimum absolute atomic E-state index is 0.163. The van der Waals surface area contributed by atoms with Gasteiger partial charge in [0.25, 0.3) is 0 Å². The maximum Gasteiger partial charge on any atom is 0.0511 e. The Kier molecular flexibility index (Phi) is 2.61. The lowest BCUT2D eigenvalue weighted by molar-refractivity contribution is 0.0381. The van der Waals surface area contributed by atoms with E-state index in [4.69, 9.17) is 10.5 Å². The smallest absolute Gasteiger partial charge is 0.0511 e. The highest BCUT2D eigenvalue weighted by Gasteiger charge is 2.55.